The fourth-order valence-electron chi connectivity index (χ4n) is 3.95. The lowest BCUT2D eigenvalue weighted by molar-refractivity contribution is 0.0391. The number of ether oxygens (including phenoxy) is 4. The van der Waals surface area contributed by atoms with Crippen LogP contribution in [0.1, 0.15) is 31.1 Å². The number of amides is 1. The van der Waals surface area contributed by atoms with E-state index in [4.69, 9.17) is 23.9 Å². The molecule has 3 aromatic rings. The number of thiazole rings is 1. The summed E-state index contributed by atoms with van der Waals surface area (Å²) in [5, 5.41) is 0.666. The van der Waals surface area contributed by atoms with Gasteiger partial charge in [-0.25, -0.2) is 4.98 Å². The molecular formula is C26H33N3O5S. The maximum absolute atomic E-state index is 13.8. The highest BCUT2D eigenvalue weighted by Gasteiger charge is 2.24. The fraction of sp³-hybridized carbons (Fsp3) is 0.462. The molecule has 1 aromatic heterocycles. The van der Waals surface area contributed by atoms with Gasteiger partial charge in [-0.3, -0.25) is 14.6 Å². The first-order chi connectivity index (χ1) is 17.1. The molecular weight excluding hydrogens is 466 g/mol. The van der Waals surface area contributed by atoms with Crippen LogP contribution in [0.3, 0.4) is 0 Å². The van der Waals surface area contributed by atoms with Gasteiger partial charge in [-0.15, -0.1) is 0 Å². The van der Waals surface area contributed by atoms with E-state index >= 15 is 0 Å². The molecule has 1 aliphatic heterocycles. The van der Waals surface area contributed by atoms with Crippen LogP contribution in [0, 0.1) is 0 Å². The van der Waals surface area contributed by atoms with Crippen LogP contribution in [0.2, 0.25) is 0 Å². The summed E-state index contributed by atoms with van der Waals surface area (Å²) in [6.07, 6.45) is 0. The molecule has 0 aliphatic carbocycles. The Morgan fingerprint density at radius 3 is 2.49 bits per heavy atom. The van der Waals surface area contributed by atoms with E-state index in [0.29, 0.717) is 61.8 Å². The van der Waals surface area contributed by atoms with Gasteiger partial charge in [0.25, 0.3) is 5.91 Å². The predicted octanol–water partition coefficient (Wildman–Crippen LogP) is 4.47. The summed E-state index contributed by atoms with van der Waals surface area (Å²) in [7, 11) is 0. The number of hydrogen-bond donors (Lipinski definition) is 0. The Hall–Kier alpha value is -2.88. The molecule has 4 rings (SSSR count). The quantitative estimate of drug-likeness (QED) is 0.385. The Kier molecular flexibility index (Phi) is 8.79. The van der Waals surface area contributed by atoms with E-state index in [2.05, 4.69) is 4.90 Å². The van der Waals surface area contributed by atoms with E-state index in [1.807, 2.05) is 39.0 Å². The van der Waals surface area contributed by atoms with Crippen molar-refractivity contribution in [1.82, 2.24) is 9.88 Å². The van der Waals surface area contributed by atoms with Crippen molar-refractivity contribution in [2.24, 2.45) is 0 Å². The van der Waals surface area contributed by atoms with Crippen molar-refractivity contribution in [3.8, 4) is 17.2 Å². The third-order valence-corrected chi connectivity index (χ3v) is 6.71. The molecule has 0 N–H and O–H groups in total. The van der Waals surface area contributed by atoms with Crippen LogP contribution < -0.4 is 19.1 Å². The maximum atomic E-state index is 13.8. The predicted molar refractivity (Wildman–Crippen MR) is 139 cm³/mol. The van der Waals surface area contributed by atoms with Crippen LogP contribution in [-0.4, -0.2) is 75.0 Å². The lowest BCUT2D eigenvalue weighted by atomic mass is 10.1. The van der Waals surface area contributed by atoms with Gasteiger partial charge in [0.15, 0.2) is 16.6 Å². The molecule has 9 heteroatoms. The number of aromatic nitrogens is 1. The molecule has 1 fully saturated rings. The zero-order chi connectivity index (χ0) is 24.6. The smallest absolute Gasteiger partial charge is 0.260 e. The fourth-order valence-corrected chi connectivity index (χ4v) is 4.97. The second-order valence-corrected chi connectivity index (χ2v) is 9.01. The summed E-state index contributed by atoms with van der Waals surface area (Å²) >= 11 is 1.50. The number of carbonyl (C=O) groups is 1. The summed E-state index contributed by atoms with van der Waals surface area (Å²) in [5.41, 5.74) is 1.38. The molecule has 1 saturated heterocycles. The van der Waals surface area contributed by atoms with Gasteiger partial charge in [0, 0.05) is 31.7 Å². The number of morpholine rings is 1. The summed E-state index contributed by atoms with van der Waals surface area (Å²) in [6.45, 7) is 11.8. The molecule has 0 spiro atoms. The van der Waals surface area contributed by atoms with Gasteiger partial charge in [0.2, 0.25) is 0 Å². The highest BCUT2D eigenvalue weighted by atomic mass is 32.1. The molecule has 0 saturated carbocycles. The molecule has 0 bridgehead atoms. The average Bonchev–Trinajstić information content (AvgIpc) is 3.29. The van der Waals surface area contributed by atoms with Crippen molar-refractivity contribution in [1.29, 1.82) is 0 Å². The molecule has 8 nitrogen and oxygen atoms in total. The van der Waals surface area contributed by atoms with Crippen LogP contribution in [0.25, 0.3) is 10.2 Å². The first-order valence-corrected chi connectivity index (χ1v) is 13.0. The Bertz CT molecular complexity index is 1130. The van der Waals surface area contributed by atoms with Crippen LogP contribution in [0.5, 0.6) is 17.2 Å². The SMILES string of the molecule is CCOc1ccc2nc(N(CCN3CCOCC3)C(=O)c3ccc(OCC)c(OCC)c3)sc2c1. The Morgan fingerprint density at radius 1 is 1.00 bits per heavy atom. The molecule has 0 radical (unpaired) electrons. The van der Waals surface area contributed by atoms with E-state index < -0.39 is 0 Å². The first-order valence-electron chi connectivity index (χ1n) is 12.2. The standard InChI is InChI=1S/C26H33N3O5S/c1-4-32-20-8-9-21-24(18-20)35-26(27-21)29(12-11-28-13-15-31-16-14-28)25(30)19-7-10-22(33-5-2)23(17-19)34-6-3/h7-10,17-18H,4-6,11-16H2,1-3H3. The van der Waals surface area contributed by atoms with Crippen LogP contribution in [0.4, 0.5) is 5.13 Å². The minimum atomic E-state index is -0.119. The second-order valence-electron chi connectivity index (χ2n) is 8.00. The number of benzene rings is 2. The van der Waals surface area contributed by atoms with Gasteiger partial charge in [-0.2, -0.15) is 0 Å². The topological polar surface area (TPSA) is 73.4 Å². The van der Waals surface area contributed by atoms with Gasteiger partial charge in [0.05, 0.1) is 43.3 Å². The maximum Gasteiger partial charge on any atom is 0.260 e. The highest BCUT2D eigenvalue weighted by molar-refractivity contribution is 7.22. The van der Waals surface area contributed by atoms with Crippen molar-refractivity contribution in [3.05, 3.63) is 42.0 Å². The number of nitrogens with zero attached hydrogens (tertiary/aromatic N) is 3. The molecule has 188 valence electrons. The first kappa shape index (κ1) is 25.2. The lowest BCUT2D eigenvalue weighted by Gasteiger charge is -2.29. The van der Waals surface area contributed by atoms with Crippen molar-refractivity contribution < 1.29 is 23.7 Å². The average molecular weight is 500 g/mol. The molecule has 35 heavy (non-hydrogen) atoms. The Labute approximate surface area is 210 Å². The van der Waals surface area contributed by atoms with Crippen molar-refractivity contribution in [3.63, 3.8) is 0 Å². The normalized spacial score (nSPS) is 14.1. The van der Waals surface area contributed by atoms with E-state index in [9.17, 15) is 4.79 Å². The molecule has 0 unspecified atom stereocenters. The van der Waals surface area contributed by atoms with Crippen molar-refractivity contribution >= 4 is 32.6 Å². The van der Waals surface area contributed by atoms with E-state index in [1.54, 1.807) is 23.1 Å². The molecule has 0 atom stereocenters. The van der Waals surface area contributed by atoms with Gasteiger partial charge in [-0.1, -0.05) is 11.3 Å². The summed E-state index contributed by atoms with van der Waals surface area (Å²) in [6, 6.07) is 11.2. The number of carbonyl (C=O) groups excluding carboxylic acids is 1. The molecule has 2 aromatic carbocycles. The monoisotopic (exact) mass is 499 g/mol. The van der Waals surface area contributed by atoms with Crippen LogP contribution in [0.15, 0.2) is 36.4 Å². The van der Waals surface area contributed by atoms with Gasteiger partial charge in [0.1, 0.15) is 5.75 Å². The highest BCUT2D eigenvalue weighted by Crippen LogP contribution is 2.34. The largest absolute Gasteiger partial charge is 0.494 e. The molecule has 1 aliphatic rings. The third-order valence-electron chi connectivity index (χ3n) is 5.67. The Morgan fingerprint density at radius 2 is 1.74 bits per heavy atom. The zero-order valence-electron chi connectivity index (χ0n) is 20.6. The molecule has 1 amide bonds. The van der Waals surface area contributed by atoms with Gasteiger partial charge in [-0.05, 0) is 57.2 Å². The van der Waals surface area contributed by atoms with E-state index in [1.165, 1.54) is 11.3 Å². The lowest BCUT2D eigenvalue weighted by Crippen LogP contribution is -2.43. The van der Waals surface area contributed by atoms with Crippen LogP contribution in [-0.2, 0) is 4.74 Å². The number of anilines is 1. The van der Waals surface area contributed by atoms with Crippen molar-refractivity contribution in [2.45, 2.75) is 20.8 Å². The van der Waals surface area contributed by atoms with E-state index in [-0.39, 0.29) is 5.91 Å². The summed E-state index contributed by atoms with van der Waals surface area (Å²) < 4.78 is 23.5. The summed E-state index contributed by atoms with van der Waals surface area (Å²) in [4.78, 5) is 22.7. The third kappa shape index (κ3) is 6.22. The van der Waals surface area contributed by atoms with Gasteiger partial charge >= 0.3 is 0 Å². The Balaban J connectivity index is 1.65. The zero-order valence-corrected chi connectivity index (χ0v) is 21.4. The van der Waals surface area contributed by atoms with Crippen LogP contribution >= 0.6 is 11.3 Å². The second kappa shape index (κ2) is 12.2. The number of hydrogen-bond acceptors (Lipinski definition) is 8. The molecule has 2 heterocycles. The van der Waals surface area contributed by atoms with Crippen molar-refractivity contribution in [2.75, 3.05) is 64.1 Å². The van der Waals surface area contributed by atoms with E-state index in [0.717, 1.165) is 35.6 Å². The number of fused-ring (bicyclic) bond motifs is 1. The summed E-state index contributed by atoms with van der Waals surface area (Å²) in [5.74, 6) is 1.88. The number of rotatable bonds is 11. The van der Waals surface area contributed by atoms with Gasteiger partial charge < -0.3 is 18.9 Å². The minimum absolute atomic E-state index is 0.119. The minimum Gasteiger partial charge on any atom is -0.494 e.